The van der Waals surface area contributed by atoms with Gasteiger partial charge in [0, 0.05) is 43.0 Å². The lowest BCUT2D eigenvalue weighted by Crippen LogP contribution is -2.23. The molecular weight excluding hydrogens is 446 g/mol. The van der Waals surface area contributed by atoms with E-state index in [9.17, 15) is 19.5 Å². The number of ether oxygens (including phenoxy) is 1. The monoisotopic (exact) mass is 481 g/mol. The Hall–Kier alpha value is -3.86. The van der Waals surface area contributed by atoms with Gasteiger partial charge >= 0.3 is 0 Å². The van der Waals surface area contributed by atoms with E-state index in [0.717, 1.165) is 36.8 Å². The highest BCUT2D eigenvalue weighted by molar-refractivity contribution is 5.94. The fraction of sp³-hybridized carbons (Fsp3) is 0.407. The standard InChI is InChI=1S/C17H17N3O2.C5H8O2.C5H10O/c1-3-19-17(22)16-15(21)10-13(11-20-16)5-4-12-6-8-14(18-2)9-7-12;6-4-7-3-5-1-2-5;1-2-3-4-5-6/h6-11,18,21H,3H2,1-2H3,(H,19,22);4-5H,1-3H2;5H,2-4H2,1H3. The van der Waals surface area contributed by atoms with Crippen molar-refractivity contribution in [2.24, 2.45) is 5.92 Å². The van der Waals surface area contributed by atoms with Gasteiger partial charge in [-0.3, -0.25) is 9.59 Å². The van der Waals surface area contributed by atoms with Crippen LogP contribution in [-0.4, -0.2) is 49.0 Å². The number of aromatic nitrogens is 1. The van der Waals surface area contributed by atoms with Crippen LogP contribution in [0, 0.1) is 17.8 Å². The predicted octanol–water partition coefficient (Wildman–Crippen LogP) is 3.92. The highest BCUT2D eigenvalue weighted by Gasteiger charge is 2.21. The van der Waals surface area contributed by atoms with Crippen LogP contribution in [-0.2, 0) is 14.3 Å². The number of benzene rings is 1. The molecule has 3 rings (SSSR count). The Morgan fingerprint density at radius 2 is 1.86 bits per heavy atom. The molecule has 1 heterocycles. The summed E-state index contributed by atoms with van der Waals surface area (Å²) in [6.45, 7) is 5.50. The van der Waals surface area contributed by atoms with Gasteiger partial charge in [-0.2, -0.15) is 0 Å². The number of hydrogen-bond acceptors (Lipinski definition) is 7. The smallest absolute Gasteiger partial charge is 0.293 e. The Labute approximate surface area is 207 Å². The first-order valence-corrected chi connectivity index (χ1v) is 11.7. The molecule has 0 saturated heterocycles. The van der Waals surface area contributed by atoms with Gasteiger partial charge in [0.1, 0.15) is 12.0 Å². The molecule has 3 N–H and O–H groups in total. The highest BCUT2D eigenvalue weighted by Crippen LogP contribution is 2.28. The van der Waals surface area contributed by atoms with Crippen molar-refractivity contribution in [1.29, 1.82) is 0 Å². The summed E-state index contributed by atoms with van der Waals surface area (Å²) < 4.78 is 4.48. The number of anilines is 1. The second-order valence-corrected chi connectivity index (χ2v) is 7.71. The minimum absolute atomic E-state index is 0.00535. The third-order valence-corrected chi connectivity index (χ3v) is 4.72. The molecule has 1 amide bonds. The molecule has 2 aromatic rings. The van der Waals surface area contributed by atoms with Gasteiger partial charge in [0.05, 0.1) is 6.61 Å². The van der Waals surface area contributed by atoms with Crippen molar-refractivity contribution < 1.29 is 24.2 Å². The Bertz CT molecular complexity index is 977. The maximum atomic E-state index is 11.6. The van der Waals surface area contributed by atoms with Crippen LogP contribution in [0.1, 0.15) is 67.6 Å². The van der Waals surface area contributed by atoms with Crippen LogP contribution < -0.4 is 10.6 Å². The van der Waals surface area contributed by atoms with Crippen LogP contribution >= 0.6 is 0 Å². The number of aromatic hydroxyl groups is 1. The van der Waals surface area contributed by atoms with Crippen molar-refractivity contribution in [3.05, 3.63) is 53.3 Å². The van der Waals surface area contributed by atoms with Gasteiger partial charge in [0.25, 0.3) is 12.4 Å². The quantitative estimate of drug-likeness (QED) is 0.282. The van der Waals surface area contributed by atoms with Crippen LogP contribution in [0.25, 0.3) is 0 Å². The van der Waals surface area contributed by atoms with Crippen molar-refractivity contribution in [3.63, 3.8) is 0 Å². The fourth-order valence-electron chi connectivity index (χ4n) is 2.55. The molecule has 35 heavy (non-hydrogen) atoms. The van der Waals surface area contributed by atoms with Gasteiger partial charge in [-0.25, -0.2) is 4.98 Å². The largest absolute Gasteiger partial charge is 0.505 e. The van der Waals surface area contributed by atoms with Crippen LogP contribution in [0.5, 0.6) is 5.75 Å². The summed E-state index contributed by atoms with van der Waals surface area (Å²) in [5.74, 6) is 6.02. The molecule has 1 aromatic carbocycles. The van der Waals surface area contributed by atoms with Crippen LogP contribution in [0.15, 0.2) is 36.5 Å². The molecule has 1 fully saturated rings. The Morgan fingerprint density at radius 3 is 2.34 bits per heavy atom. The van der Waals surface area contributed by atoms with Gasteiger partial charge in [0.2, 0.25) is 0 Å². The van der Waals surface area contributed by atoms with Crippen molar-refractivity contribution in [1.82, 2.24) is 10.3 Å². The van der Waals surface area contributed by atoms with Crippen molar-refractivity contribution in [2.75, 3.05) is 25.5 Å². The summed E-state index contributed by atoms with van der Waals surface area (Å²) >= 11 is 0. The molecule has 0 unspecified atom stereocenters. The van der Waals surface area contributed by atoms with Gasteiger partial charge in [-0.1, -0.05) is 25.2 Å². The Morgan fingerprint density at radius 1 is 1.17 bits per heavy atom. The third kappa shape index (κ3) is 12.8. The normalized spacial score (nSPS) is 11.2. The molecule has 0 atom stereocenters. The molecule has 0 bridgehead atoms. The minimum Gasteiger partial charge on any atom is -0.505 e. The first-order valence-electron chi connectivity index (χ1n) is 11.7. The first kappa shape index (κ1) is 29.2. The van der Waals surface area contributed by atoms with E-state index in [1.165, 1.54) is 25.1 Å². The third-order valence-electron chi connectivity index (χ3n) is 4.72. The molecule has 8 heteroatoms. The average molecular weight is 482 g/mol. The van der Waals surface area contributed by atoms with E-state index in [1.807, 2.05) is 31.3 Å². The topological polar surface area (TPSA) is 118 Å². The van der Waals surface area contributed by atoms with E-state index in [0.29, 0.717) is 31.1 Å². The number of unbranched alkanes of at least 4 members (excludes halogenated alkanes) is 2. The number of pyridine rings is 1. The van der Waals surface area contributed by atoms with Crippen molar-refractivity contribution >= 4 is 24.4 Å². The molecule has 1 saturated carbocycles. The molecule has 1 aromatic heterocycles. The summed E-state index contributed by atoms with van der Waals surface area (Å²) in [5, 5.41) is 15.5. The maximum Gasteiger partial charge on any atom is 0.293 e. The van der Waals surface area contributed by atoms with Crippen molar-refractivity contribution in [3.8, 4) is 17.6 Å². The number of aldehydes is 1. The van der Waals surface area contributed by atoms with Gasteiger partial charge in [-0.05, 0) is 62.4 Å². The summed E-state index contributed by atoms with van der Waals surface area (Å²) in [7, 11) is 1.85. The van der Waals surface area contributed by atoms with E-state index in [1.54, 1.807) is 6.92 Å². The number of nitrogens with one attached hydrogen (secondary N) is 2. The van der Waals surface area contributed by atoms with E-state index < -0.39 is 5.91 Å². The molecule has 0 radical (unpaired) electrons. The molecule has 8 nitrogen and oxygen atoms in total. The average Bonchev–Trinajstić information content (AvgIpc) is 3.71. The second-order valence-electron chi connectivity index (χ2n) is 7.71. The van der Waals surface area contributed by atoms with Crippen LogP contribution in [0.2, 0.25) is 0 Å². The molecule has 0 spiro atoms. The Kier molecular flexibility index (Phi) is 14.7. The lowest BCUT2D eigenvalue weighted by Gasteiger charge is -2.03. The fourth-order valence-corrected chi connectivity index (χ4v) is 2.55. The molecule has 1 aliphatic rings. The SMILES string of the molecule is CCCCC=O.CCNC(=O)c1ncc(C#Cc2ccc(NC)cc2)cc1O.O=COCC1CC1. The summed E-state index contributed by atoms with van der Waals surface area (Å²) in [5.41, 5.74) is 2.41. The molecule has 1 aliphatic carbocycles. The van der Waals surface area contributed by atoms with E-state index in [2.05, 4.69) is 39.1 Å². The summed E-state index contributed by atoms with van der Waals surface area (Å²) in [6, 6.07) is 9.09. The summed E-state index contributed by atoms with van der Waals surface area (Å²) in [4.78, 5) is 34.7. The zero-order chi connectivity index (χ0) is 25.9. The van der Waals surface area contributed by atoms with E-state index >= 15 is 0 Å². The number of nitrogens with zero attached hydrogens (tertiary/aromatic N) is 1. The zero-order valence-electron chi connectivity index (χ0n) is 20.7. The van der Waals surface area contributed by atoms with Crippen LogP contribution in [0.4, 0.5) is 5.69 Å². The van der Waals surface area contributed by atoms with Gasteiger partial charge in [-0.15, -0.1) is 0 Å². The van der Waals surface area contributed by atoms with Gasteiger partial charge in [0.15, 0.2) is 5.69 Å². The lowest BCUT2D eigenvalue weighted by atomic mass is 10.2. The van der Waals surface area contributed by atoms with E-state index in [4.69, 9.17) is 0 Å². The lowest BCUT2D eigenvalue weighted by molar-refractivity contribution is -0.129. The Balaban J connectivity index is 0.000000384. The molecular formula is C27H35N3O5. The number of carbonyl (C=O) groups is 3. The maximum absolute atomic E-state index is 11.6. The highest BCUT2D eigenvalue weighted by atomic mass is 16.5. The molecule has 188 valence electrons. The number of carbonyl (C=O) groups excluding carboxylic acids is 3. The zero-order valence-corrected chi connectivity index (χ0v) is 20.7. The van der Waals surface area contributed by atoms with E-state index in [-0.39, 0.29) is 11.4 Å². The predicted molar refractivity (Wildman–Crippen MR) is 136 cm³/mol. The van der Waals surface area contributed by atoms with Crippen LogP contribution in [0.3, 0.4) is 0 Å². The minimum atomic E-state index is -0.401. The second kappa shape index (κ2) is 17.6. The van der Waals surface area contributed by atoms with Gasteiger partial charge < -0.3 is 25.3 Å². The number of hydrogen-bond donors (Lipinski definition) is 3. The molecule has 0 aliphatic heterocycles. The number of amides is 1. The van der Waals surface area contributed by atoms with Crippen molar-refractivity contribution in [2.45, 2.75) is 46.0 Å². The first-order chi connectivity index (χ1) is 17.0. The summed E-state index contributed by atoms with van der Waals surface area (Å²) in [6.07, 6.45) is 7.82. The number of rotatable bonds is 9.